The Morgan fingerprint density at radius 2 is 1.96 bits per heavy atom. The lowest BCUT2D eigenvalue weighted by Gasteiger charge is -2.32. The number of aliphatic hydroxyl groups is 1. The van der Waals surface area contributed by atoms with E-state index in [1.807, 2.05) is 19.1 Å². The highest BCUT2D eigenvalue weighted by Gasteiger charge is 2.25. The Hall–Kier alpha value is -1.09. The minimum Gasteiger partial charge on any atom is -0.481 e. The Bertz CT molecular complexity index is 490. The minimum atomic E-state index is 0. The van der Waals surface area contributed by atoms with Crippen molar-refractivity contribution in [3.8, 4) is 5.88 Å². The molecule has 0 aliphatic heterocycles. The molecular formula is C18H33IN4O2. The third-order valence-corrected chi connectivity index (χ3v) is 4.54. The van der Waals surface area contributed by atoms with Crippen LogP contribution >= 0.6 is 24.0 Å². The van der Waals surface area contributed by atoms with E-state index >= 15 is 0 Å². The highest BCUT2D eigenvalue weighted by Crippen LogP contribution is 2.29. The van der Waals surface area contributed by atoms with E-state index in [4.69, 9.17) is 4.74 Å². The smallest absolute Gasteiger partial charge is 0.212 e. The van der Waals surface area contributed by atoms with E-state index in [2.05, 4.69) is 34.5 Å². The normalized spacial score (nSPS) is 11.6. The van der Waals surface area contributed by atoms with Gasteiger partial charge in [0.25, 0.3) is 0 Å². The first-order valence-electron chi connectivity index (χ1n) is 8.75. The molecule has 25 heavy (non-hydrogen) atoms. The lowest BCUT2D eigenvalue weighted by atomic mass is 9.79. The fraction of sp³-hybridized carbons (Fsp3) is 0.667. The summed E-state index contributed by atoms with van der Waals surface area (Å²) in [5, 5.41) is 16.0. The number of aromatic nitrogens is 1. The molecule has 0 unspecified atom stereocenters. The fourth-order valence-corrected chi connectivity index (χ4v) is 2.59. The van der Waals surface area contributed by atoms with Crippen LogP contribution in [0.3, 0.4) is 0 Å². The predicted molar refractivity (Wildman–Crippen MR) is 114 cm³/mol. The number of nitrogens with one attached hydrogen (secondary N) is 2. The third kappa shape index (κ3) is 8.22. The maximum absolute atomic E-state index is 9.34. The number of methoxy groups -OCH3 is 1. The van der Waals surface area contributed by atoms with Crippen LogP contribution in [0.2, 0.25) is 0 Å². The van der Waals surface area contributed by atoms with Gasteiger partial charge in [-0.25, -0.2) is 9.98 Å². The number of ether oxygens (including phenoxy) is 1. The molecule has 0 atom stereocenters. The molecule has 1 rings (SSSR count). The van der Waals surface area contributed by atoms with Gasteiger partial charge in [-0.1, -0.05) is 19.9 Å². The van der Waals surface area contributed by atoms with Crippen LogP contribution in [0, 0.1) is 5.41 Å². The number of guanidine groups is 1. The Labute approximate surface area is 168 Å². The van der Waals surface area contributed by atoms with Gasteiger partial charge >= 0.3 is 0 Å². The maximum atomic E-state index is 9.34. The number of aliphatic hydroxyl groups excluding tert-OH is 1. The Balaban J connectivity index is 0.00000576. The molecule has 0 aliphatic rings. The summed E-state index contributed by atoms with van der Waals surface area (Å²) in [6.07, 6.45) is 4.63. The van der Waals surface area contributed by atoms with E-state index in [9.17, 15) is 5.11 Å². The molecule has 6 nitrogen and oxygen atoms in total. The predicted octanol–water partition coefficient (Wildman–Crippen LogP) is 2.95. The summed E-state index contributed by atoms with van der Waals surface area (Å²) in [4.78, 5) is 8.82. The SMILES string of the molecule is CCNC(=NCc1ccc(OC)nc1)NCC(CC)(CC)CCO.I. The number of pyridine rings is 1. The monoisotopic (exact) mass is 464 g/mol. The molecule has 0 bridgehead atoms. The number of nitrogens with zero attached hydrogens (tertiary/aromatic N) is 2. The molecule has 1 aromatic rings. The number of aliphatic imine (C=N–C) groups is 1. The first-order chi connectivity index (χ1) is 11.6. The van der Waals surface area contributed by atoms with E-state index in [-0.39, 0.29) is 36.0 Å². The van der Waals surface area contributed by atoms with Crippen LogP contribution in [-0.2, 0) is 6.54 Å². The van der Waals surface area contributed by atoms with Gasteiger partial charge in [0.15, 0.2) is 5.96 Å². The van der Waals surface area contributed by atoms with Crippen LogP contribution < -0.4 is 15.4 Å². The van der Waals surface area contributed by atoms with Gasteiger partial charge in [0, 0.05) is 32.0 Å². The first-order valence-corrected chi connectivity index (χ1v) is 8.75. The molecule has 1 heterocycles. The second kappa shape index (κ2) is 13.2. The van der Waals surface area contributed by atoms with E-state index in [1.165, 1.54) is 0 Å². The number of rotatable bonds is 10. The van der Waals surface area contributed by atoms with Crippen molar-refractivity contribution >= 4 is 29.9 Å². The molecule has 0 aliphatic carbocycles. The van der Waals surface area contributed by atoms with Crippen molar-refractivity contribution in [2.24, 2.45) is 10.4 Å². The third-order valence-electron chi connectivity index (χ3n) is 4.54. The molecule has 0 amide bonds. The average Bonchev–Trinajstić information content (AvgIpc) is 2.63. The van der Waals surface area contributed by atoms with Gasteiger partial charge in [-0.05, 0) is 37.2 Å². The topological polar surface area (TPSA) is 78.8 Å². The van der Waals surface area contributed by atoms with Crippen molar-refractivity contribution in [1.82, 2.24) is 15.6 Å². The molecule has 0 radical (unpaired) electrons. The Morgan fingerprint density at radius 3 is 2.44 bits per heavy atom. The Morgan fingerprint density at radius 1 is 1.24 bits per heavy atom. The molecule has 3 N–H and O–H groups in total. The summed E-state index contributed by atoms with van der Waals surface area (Å²) in [5.74, 6) is 1.39. The van der Waals surface area contributed by atoms with Crippen LogP contribution in [0.25, 0.3) is 0 Å². The van der Waals surface area contributed by atoms with Gasteiger partial charge in [-0.3, -0.25) is 0 Å². The second-order valence-corrected chi connectivity index (χ2v) is 5.94. The zero-order valence-corrected chi connectivity index (χ0v) is 18.2. The minimum absolute atomic E-state index is 0. The molecule has 7 heteroatoms. The average molecular weight is 464 g/mol. The van der Waals surface area contributed by atoms with Crippen molar-refractivity contribution in [2.75, 3.05) is 26.8 Å². The van der Waals surface area contributed by atoms with E-state index in [0.717, 1.165) is 43.9 Å². The molecule has 0 saturated heterocycles. The van der Waals surface area contributed by atoms with Gasteiger partial charge < -0.3 is 20.5 Å². The van der Waals surface area contributed by atoms with Gasteiger partial charge in [0.2, 0.25) is 5.88 Å². The molecule has 0 fully saturated rings. The lowest BCUT2D eigenvalue weighted by molar-refractivity contribution is 0.169. The summed E-state index contributed by atoms with van der Waals surface area (Å²) in [6, 6.07) is 3.80. The van der Waals surface area contributed by atoms with Gasteiger partial charge in [-0.15, -0.1) is 24.0 Å². The summed E-state index contributed by atoms with van der Waals surface area (Å²) in [6.45, 7) is 8.77. The molecule has 0 spiro atoms. The highest BCUT2D eigenvalue weighted by molar-refractivity contribution is 14.0. The van der Waals surface area contributed by atoms with Crippen molar-refractivity contribution in [1.29, 1.82) is 0 Å². The van der Waals surface area contributed by atoms with Crippen LogP contribution in [-0.4, -0.2) is 42.9 Å². The van der Waals surface area contributed by atoms with Crippen molar-refractivity contribution < 1.29 is 9.84 Å². The van der Waals surface area contributed by atoms with E-state index in [0.29, 0.717) is 12.4 Å². The van der Waals surface area contributed by atoms with Crippen LogP contribution in [0.4, 0.5) is 0 Å². The largest absolute Gasteiger partial charge is 0.481 e. The lowest BCUT2D eigenvalue weighted by Crippen LogP contribution is -2.43. The molecule has 144 valence electrons. The van der Waals surface area contributed by atoms with E-state index in [1.54, 1.807) is 13.3 Å². The zero-order chi connectivity index (χ0) is 17.8. The molecular weight excluding hydrogens is 431 g/mol. The number of hydrogen-bond acceptors (Lipinski definition) is 4. The summed E-state index contributed by atoms with van der Waals surface area (Å²) >= 11 is 0. The van der Waals surface area contributed by atoms with E-state index < -0.39 is 0 Å². The van der Waals surface area contributed by atoms with Crippen LogP contribution in [0.1, 0.15) is 45.6 Å². The summed E-state index contributed by atoms with van der Waals surface area (Å²) in [5.41, 5.74) is 1.13. The zero-order valence-electron chi connectivity index (χ0n) is 15.8. The molecule has 1 aromatic heterocycles. The molecule has 0 saturated carbocycles. The van der Waals surface area contributed by atoms with Crippen molar-refractivity contribution in [3.63, 3.8) is 0 Å². The van der Waals surface area contributed by atoms with Crippen molar-refractivity contribution in [3.05, 3.63) is 23.9 Å². The second-order valence-electron chi connectivity index (χ2n) is 5.94. The van der Waals surface area contributed by atoms with Gasteiger partial charge in [0.05, 0.1) is 13.7 Å². The Kier molecular flexibility index (Phi) is 12.6. The maximum Gasteiger partial charge on any atom is 0.212 e. The summed E-state index contributed by atoms with van der Waals surface area (Å²) in [7, 11) is 1.60. The van der Waals surface area contributed by atoms with Gasteiger partial charge in [0.1, 0.15) is 0 Å². The summed E-state index contributed by atoms with van der Waals surface area (Å²) < 4.78 is 5.06. The molecule has 0 aromatic carbocycles. The highest BCUT2D eigenvalue weighted by atomic mass is 127. The van der Waals surface area contributed by atoms with Gasteiger partial charge in [-0.2, -0.15) is 0 Å². The number of halogens is 1. The van der Waals surface area contributed by atoms with Crippen molar-refractivity contribution in [2.45, 2.75) is 46.6 Å². The standard InChI is InChI=1S/C18H32N4O2.HI/c1-5-18(6-2,10-11-23)14-22-17(19-7-3)21-13-15-8-9-16(24-4)20-12-15;/h8-9,12,23H,5-7,10-11,13-14H2,1-4H3,(H2,19,21,22);1H. The number of hydrogen-bond donors (Lipinski definition) is 3. The van der Waals surface area contributed by atoms with Crippen LogP contribution in [0.15, 0.2) is 23.3 Å². The quantitative estimate of drug-likeness (QED) is 0.282. The fourth-order valence-electron chi connectivity index (χ4n) is 2.59. The van der Waals surface area contributed by atoms with Crippen LogP contribution in [0.5, 0.6) is 5.88 Å². The first kappa shape index (κ1) is 23.9.